The summed E-state index contributed by atoms with van der Waals surface area (Å²) in [7, 11) is -3.06. The van der Waals surface area contributed by atoms with Crippen LogP contribution in [-0.2, 0) is 21.1 Å². The molecule has 1 aromatic rings. The SMILES string of the molecule is CCN(CC)CCN(C(=O)C1COc2ccc(Cl)cc2C1)C1CCS(=O)(=O)C1. The summed E-state index contributed by atoms with van der Waals surface area (Å²) in [4.78, 5) is 17.4. The lowest BCUT2D eigenvalue weighted by Gasteiger charge is -2.35. The first-order chi connectivity index (χ1) is 13.3. The molecule has 0 spiro atoms. The lowest BCUT2D eigenvalue weighted by atomic mass is 9.95. The summed E-state index contributed by atoms with van der Waals surface area (Å²) in [5.41, 5.74) is 0.930. The quantitative estimate of drug-likeness (QED) is 0.666. The molecule has 3 rings (SSSR count). The van der Waals surface area contributed by atoms with E-state index in [2.05, 4.69) is 18.7 Å². The monoisotopic (exact) mass is 428 g/mol. The molecule has 1 fully saturated rings. The van der Waals surface area contributed by atoms with Crippen LogP contribution in [0.25, 0.3) is 0 Å². The number of carbonyl (C=O) groups excluding carboxylic acids is 1. The molecule has 0 aromatic heterocycles. The Morgan fingerprint density at radius 1 is 1.25 bits per heavy atom. The summed E-state index contributed by atoms with van der Waals surface area (Å²) < 4.78 is 29.8. The van der Waals surface area contributed by atoms with Crippen molar-refractivity contribution >= 4 is 27.3 Å². The van der Waals surface area contributed by atoms with Crippen LogP contribution in [0.15, 0.2) is 18.2 Å². The van der Waals surface area contributed by atoms with Crippen LogP contribution < -0.4 is 4.74 Å². The second-order valence-electron chi connectivity index (χ2n) is 7.58. The molecule has 156 valence electrons. The molecule has 0 N–H and O–H groups in total. The number of carbonyl (C=O) groups is 1. The van der Waals surface area contributed by atoms with Crippen molar-refractivity contribution in [1.29, 1.82) is 0 Å². The van der Waals surface area contributed by atoms with Gasteiger partial charge in [0.25, 0.3) is 0 Å². The predicted octanol–water partition coefficient (Wildman–Crippen LogP) is 2.25. The number of benzene rings is 1. The number of hydrogen-bond acceptors (Lipinski definition) is 5. The molecular weight excluding hydrogens is 400 g/mol. The molecule has 0 saturated carbocycles. The van der Waals surface area contributed by atoms with Crippen LogP contribution in [0.5, 0.6) is 5.75 Å². The molecule has 0 aliphatic carbocycles. The Kier molecular flexibility index (Phi) is 6.89. The highest BCUT2D eigenvalue weighted by molar-refractivity contribution is 7.91. The summed E-state index contributed by atoms with van der Waals surface area (Å²) in [6.07, 6.45) is 1.08. The molecule has 1 aromatic carbocycles. The summed E-state index contributed by atoms with van der Waals surface area (Å²) in [6.45, 7) is 7.58. The number of fused-ring (bicyclic) bond motifs is 1. The molecule has 0 radical (unpaired) electrons. The second kappa shape index (κ2) is 9.01. The lowest BCUT2D eigenvalue weighted by Crippen LogP contribution is -2.49. The molecule has 2 aliphatic rings. The van der Waals surface area contributed by atoms with E-state index in [9.17, 15) is 13.2 Å². The fraction of sp³-hybridized carbons (Fsp3) is 0.650. The number of ether oxygens (including phenoxy) is 1. The Morgan fingerprint density at radius 2 is 2.00 bits per heavy atom. The Bertz CT molecular complexity index is 810. The van der Waals surface area contributed by atoms with Crippen molar-refractivity contribution in [1.82, 2.24) is 9.80 Å². The third-order valence-corrected chi connectivity index (χ3v) is 7.75. The highest BCUT2D eigenvalue weighted by atomic mass is 35.5. The molecule has 2 atom stereocenters. The van der Waals surface area contributed by atoms with Gasteiger partial charge in [-0.25, -0.2) is 8.42 Å². The minimum absolute atomic E-state index is 0.0140. The first-order valence-corrected chi connectivity index (χ1v) is 12.2. The fourth-order valence-electron chi connectivity index (χ4n) is 4.04. The van der Waals surface area contributed by atoms with E-state index in [1.807, 2.05) is 12.1 Å². The maximum absolute atomic E-state index is 13.4. The average molecular weight is 429 g/mol. The van der Waals surface area contributed by atoms with E-state index in [4.69, 9.17) is 16.3 Å². The van der Waals surface area contributed by atoms with Crippen LogP contribution in [0.1, 0.15) is 25.8 Å². The fourth-order valence-corrected chi connectivity index (χ4v) is 5.96. The zero-order valence-electron chi connectivity index (χ0n) is 16.6. The summed E-state index contributed by atoms with van der Waals surface area (Å²) in [5.74, 6) is 0.664. The minimum atomic E-state index is -3.06. The van der Waals surface area contributed by atoms with Crippen LogP contribution >= 0.6 is 11.6 Å². The van der Waals surface area contributed by atoms with E-state index in [1.165, 1.54) is 0 Å². The van der Waals surface area contributed by atoms with Crippen molar-refractivity contribution in [3.63, 3.8) is 0 Å². The van der Waals surface area contributed by atoms with Crippen LogP contribution in [0.4, 0.5) is 0 Å². The van der Waals surface area contributed by atoms with Crippen LogP contribution in [0, 0.1) is 5.92 Å². The van der Waals surface area contributed by atoms with E-state index in [-0.39, 0.29) is 29.4 Å². The van der Waals surface area contributed by atoms with Gasteiger partial charge >= 0.3 is 0 Å². The van der Waals surface area contributed by atoms with Gasteiger partial charge in [-0.3, -0.25) is 4.79 Å². The number of nitrogens with zero attached hydrogens (tertiary/aromatic N) is 2. The Labute approximate surface area is 172 Å². The second-order valence-corrected chi connectivity index (χ2v) is 10.2. The topological polar surface area (TPSA) is 66.9 Å². The lowest BCUT2D eigenvalue weighted by molar-refractivity contribution is -0.139. The highest BCUT2D eigenvalue weighted by Crippen LogP contribution is 2.31. The molecule has 8 heteroatoms. The minimum Gasteiger partial charge on any atom is -0.492 e. The first kappa shape index (κ1) is 21.4. The molecule has 28 heavy (non-hydrogen) atoms. The first-order valence-electron chi connectivity index (χ1n) is 9.97. The van der Waals surface area contributed by atoms with E-state index < -0.39 is 9.84 Å². The number of sulfone groups is 1. The maximum Gasteiger partial charge on any atom is 0.229 e. The predicted molar refractivity (Wildman–Crippen MR) is 111 cm³/mol. The molecule has 2 aliphatic heterocycles. The number of likely N-dealkylation sites (N-methyl/N-ethyl adjacent to an activating group) is 1. The molecule has 2 unspecified atom stereocenters. The van der Waals surface area contributed by atoms with Crippen LogP contribution in [0.2, 0.25) is 5.02 Å². The molecular formula is C20H29ClN2O4S. The summed E-state index contributed by atoms with van der Waals surface area (Å²) in [5, 5.41) is 0.621. The third-order valence-electron chi connectivity index (χ3n) is 5.76. The number of hydrogen-bond donors (Lipinski definition) is 0. The van der Waals surface area contributed by atoms with Crippen molar-refractivity contribution in [3.8, 4) is 5.75 Å². The van der Waals surface area contributed by atoms with E-state index in [1.54, 1.807) is 11.0 Å². The largest absolute Gasteiger partial charge is 0.492 e. The van der Waals surface area contributed by atoms with Crippen molar-refractivity contribution in [3.05, 3.63) is 28.8 Å². The van der Waals surface area contributed by atoms with Crippen molar-refractivity contribution in [2.24, 2.45) is 5.92 Å². The van der Waals surface area contributed by atoms with Crippen LogP contribution in [0.3, 0.4) is 0 Å². The van der Waals surface area contributed by atoms with E-state index in [0.717, 1.165) is 30.9 Å². The number of rotatable bonds is 7. The van der Waals surface area contributed by atoms with Gasteiger partial charge in [0, 0.05) is 24.2 Å². The van der Waals surface area contributed by atoms with Gasteiger partial charge in [0.15, 0.2) is 9.84 Å². The van der Waals surface area contributed by atoms with Gasteiger partial charge in [0.1, 0.15) is 12.4 Å². The number of amides is 1. The highest BCUT2D eigenvalue weighted by Gasteiger charge is 2.38. The standard InChI is InChI=1S/C20H29ClN2O4S/c1-3-22(4-2)8-9-23(18-7-10-28(25,26)14-18)20(24)16-11-15-12-17(21)5-6-19(15)27-13-16/h5-6,12,16,18H,3-4,7-11,13-14H2,1-2H3. The third kappa shape index (κ3) is 4.99. The zero-order chi connectivity index (χ0) is 20.3. The summed E-state index contributed by atoms with van der Waals surface area (Å²) >= 11 is 6.09. The molecule has 6 nitrogen and oxygen atoms in total. The molecule has 1 saturated heterocycles. The van der Waals surface area contributed by atoms with Crippen molar-refractivity contribution in [2.45, 2.75) is 32.7 Å². The zero-order valence-corrected chi connectivity index (χ0v) is 18.1. The van der Waals surface area contributed by atoms with Gasteiger partial charge < -0.3 is 14.5 Å². The van der Waals surface area contributed by atoms with Crippen molar-refractivity contribution < 1.29 is 17.9 Å². The van der Waals surface area contributed by atoms with Gasteiger partial charge in [-0.05, 0) is 49.7 Å². The van der Waals surface area contributed by atoms with Gasteiger partial charge in [-0.15, -0.1) is 0 Å². The Hall–Kier alpha value is -1.31. The van der Waals surface area contributed by atoms with Gasteiger partial charge in [-0.2, -0.15) is 0 Å². The molecule has 0 bridgehead atoms. The maximum atomic E-state index is 13.4. The van der Waals surface area contributed by atoms with E-state index >= 15 is 0 Å². The normalized spacial score (nSPS) is 23.3. The Morgan fingerprint density at radius 3 is 2.64 bits per heavy atom. The van der Waals surface area contributed by atoms with E-state index in [0.29, 0.717) is 31.0 Å². The molecule has 1 amide bonds. The summed E-state index contributed by atoms with van der Waals surface area (Å²) in [6, 6.07) is 5.22. The van der Waals surface area contributed by atoms with Gasteiger partial charge in [-0.1, -0.05) is 25.4 Å². The average Bonchev–Trinajstić information content (AvgIpc) is 3.03. The smallest absolute Gasteiger partial charge is 0.229 e. The van der Waals surface area contributed by atoms with Gasteiger partial charge in [0.2, 0.25) is 5.91 Å². The molecule has 2 heterocycles. The number of halogens is 1. The van der Waals surface area contributed by atoms with Crippen molar-refractivity contribution in [2.75, 3.05) is 44.3 Å². The Balaban J connectivity index is 1.76. The van der Waals surface area contributed by atoms with Crippen LogP contribution in [-0.4, -0.2) is 74.5 Å². The van der Waals surface area contributed by atoms with Gasteiger partial charge in [0.05, 0.1) is 17.4 Å².